The fraction of sp³-hybridized carbons (Fsp3) is 0.500. The maximum atomic E-state index is 12.6. The Morgan fingerprint density at radius 3 is 2.35 bits per heavy atom. The van der Waals surface area contributed by atoms with Crippen LogP contribution >= 0.6 is 24.8 Å². The van der Waals surface area contributed by atoms with Crippen molar-refractivity contribution >= 4 is 24.8 Å². The Morgan fingerprint density at radius 1 is 1.29 bits per heavy atom. The molecule has 1 atom stereocenters. The fourth-order valence-electron chi connectivity index (χ4n) is 1.64. The van der Waals surface area contributed by atoms with Gasteiger partial charge >= 0.3 is 6.18 Å². The lowest BCUT2D eigenvalue weighted by molar-refractivity contribution is -0.138. The first-order chi connectivity index (χ1) is 7.00. The SMILES string of the molecule is Cl.Cl.NC(c1ccncc1C(F)(F)F)C1CC1. The average Bonchev–Trinajstić information content (AvgIpc) is 2.98. The van der Waals surface area contributed by atoms with Gasteiger partial charge in [0.2, 0.25) is 0 Å². The topological polar surface area (TPSA) is 38.9 Å². The van der Waals surface area contributed by atoms with Crippen molar-refractivity contribution < 1.29 is 13.2 Å². The van der Waals surface area contributed by atoms with Crippen molar-refractivity contribution in [3.8, 4) is 0 Å². The number of pyridine rings is 1. The Labute approximate surface area is 110 Å². The molecule has 0 bridgehead atoms. The molecule has 2 rings (SSSR count). The average molecular weight is 289 g/mol. The Hall–Kier alpha value is -0.520. The molecule has 17 heavy (non-hydrogen) atoms. The van der Waals surface area contributed by atoms with Gasteiger partial charge in [-0.25, -0.2) is 0 Å². The standard InChI is InChI=1S/C10H11F3N2.2ClH/c11-10(12,13)8-5-15-4-3-7(8)9(14)6-1-2-6;;/h3-6,9H,1-2,14H2;2*1H. The zero-order valence-electron chi connectivity index (χ0n) is 8.78. The Morgan fingerprint density at radius 2 is 1.88 bits per heavy atom. The predicted molar refractivity (Wildman–Crippen MR) is 63.4 cm³/mol. The number of nitrogens with zero attached hydrogens (tertiary/aromatic N) is 1. The number of nitrogens with two attached hydrogens (primary N) is 1. The van der Waals surface area contributed by atoms with Crippen LogP contribution in [0.15, 0.2) is 18.5 Å². The summed E-state index contributed by atoms with van der Waals surface area (Å²) in [6.07, 6.45) is -0.331. The summed E-state index contributed by atoms with van der Waals surface area (Å²) in [7, 11) is 0. The molecule has 1 fully saturated rings. The van der Waals surface area contributed by atoms with Crippen LogP contribution in [0.1, 0.15) is 30.0 Å². The molecule has 1 aliphatic rings. The summed E-state index contributed by atoms with van der Waals surface area (Å²) in [4.78, 5) is 3.50. The molecule has 1 saturated carbocycles. The highest BCUT2D eigenvalue weighted by Crippen LogP contribution is 2.43. The Balaban J connectivity index is 0.00000128. The minimum Gasteiger partial charge on any atom is -0.324 e. The van der Waals surface area contributed by atoms with Gasteiger partial charge in [-0.1, -0.05) is 0 Å². The molecule has 1 aromatic rings. The van der Waals surface area contributed by atoms with E-state index in [1.807, 2.05) is 0 Å². The monoisotopic (exact) mass is 288 g/mol. The Kier molecular flexibility index (Phi) is 5.71. The first-order valence-electron chi connectivity index (χ1n) is 4.77. The van der Waals surface area contributed by atoms with Crippen molar-refractivity contribution in [3.05, 3.63) is 29.6 Å². The molecule has 0 amide bonds. The van der Waals surface area contributed by atoms with Crippen LogP contribution in [-0.2, 0) is 6.18 Å². The van der Waals surface area contributed by atoms with Crippen LogP contribution in [0.4, 0.5) is 13.2 Å². The molecule has 0 saturated heterocycles. The van der Waals surface area contributed by atoms with Gasteiger partial charge in [-0.3, -0.25) is 4.98 Å². The van der Waals surface area contributed by atoms with Crippen molar-refractivity contribution in [3.63, 3.8) is 0 Å². The second-order valence-electron chi connectivity index (χ2n) is 3.82. The molecule has 0 radical (unpaired) electrons. The smallest absolute Gasteiger partial charge is 0.324 e. The van der Waals surface area contributed by atoms with Gasteiger partial charge in [0.25, 0.3) is 0 Å². The van der Waals surface area contributed by atoms with Gasteiger partial charge < -0.3 is 5.73 Å². The molecule has 2 nitrogen and oxygen atoms in total. The first kappa shape index (κ1) is 16.5. The summed E-state index contributed by atoms with van der Waals surface area (Å²) in [5.74, 6) is 0.202. The van der Waals surface area contributed by atoms with Gasteiger partial charge in [-0.15, -0.1) is 24.8 Å². The summed E-state index contributed by atoms with van der Waals surface area (Å²) < 4.78 is 37.8. The van der Waals surface area contributed by atoms with E-state index in [0.717, 1.165) is 19.0 Å². The third-order valence-corrected chi connectivity index (χ3v) is 2.65. The molecule has 7 heteroatoms. The van der Waals surface area contributed by atoms with Crippen molar-refractivity contribution in [1.82, 2.24) is 4.98 Å². The minimum atomic E-state index is -4.36. The fourth-order valence-corrected chi connectivity index (χ4v) is 1.64. The highest BCUT2D eigenvalue weighted by molar-refractivity contribution is 5.85. The molecule has 2 N–H and O–H groups in total. The highest BCUT2D eigenvalue weighted by Gasteiger charge is 2.38. The summed E-state index contributed by atoms with van der Waals surface area (Å²) in [5, 5.41) is 0. The number of alkyl halides is 3. The van der Waals surface area contributed by atoms with E-state index in [1.54, 1.807) is 0 Å². The molecule has 1 heterocycles. The van der Waals surface area contributed by atoms with Gasteiger partial charge in [0, 0.05) is 18.4 Å². The van der Waals surface area contributed by atoms with E-state index in [0.29, 0.717) is 0 Å². The number of hydrogen-bond acceptors (Lipinski definition) is 2. The van der Waals surface area contributed by atoms with Crippen LogP contribution in [0.3, 0.4) is 0 Å². The lowest BCUT2D eigenvalue weighted by Crippen LogP contribution is -2.19. The number of hydrogen-bond donors (Lipinski definition) is 1. The van der Waals surface area contributed by atoms with Crippen LogP contribution in [0.5, 0.6) is 0 Å². The van der Waals surface area contributed by atoms with Crippen molar-refractivity contribution in [2.75, 3.05) is 0 Å². The number of aromatic nitrogens is 1. The maximum Gasteiger partial charge on any atom is 0.418 e. The van der Waals surface area contributed by atoms with E-state index in [-0.39, 0.29) is 36.3 Å². The second-order valence-corrected chi connectivity index (χ2v) is 3.82. The lowest BCUT2D eigenvalue weighted by Gasteiger charge is -2.17. The van der Waals surface area contributed by atoms with Gasteiger partial charge in [-0.05, 0) is 30.4 Å². The van der Waals surface area contributed by atoms with Crippen LogP contribution in [-0.4, -0.2) is 4.98 Å². The molecule has 1 aliphatic carbocycles. The summed E-state index contributed by atoms with van der Waals surface area (Å²) >= 11 is 0. The van der Waals surface area contributed by atoms with E-state index in [4.69, 9.17) is 5.73 Å². The first-order valence-corrected chi connectivity index (χ1v) is 4.77. The van der Waals surface area contributed by atoms with E-state index in [9.17, 15) is 13.2 Å². The second kappa shape index (κ2) is 5.89. The van der Waals surface area contributed by atoms with E-state index in [1.165, 1.54) is 12.3 Å². The maximum absolute atomic E-state index is 12.6. The predicted octanol–water partition coefficient (Wildman–Crippen LogP) is 3.35. The molecule has 1 aromatic heterocycles. The van der Waals surface area contributed by atoms with Gasteiger partial charge in [0.15, 0.2) is 0 Å². The molecule has 98 valence electrons. The minimum absolute atomic E-state index is 0. The van der Waals surface area contributed by atoms with Crippen molar-refractivity contribution in [1.29, 1.82) is 0 Å². The largest absolute Gasteiger partial charge is 0.418 e. The van der Waals surface area contributed by atoms with Crippen LogP contribution in [0.2, 0.25) is 0 Å². The normalized spacial score (nSPS) is 16.7. The summed E-state index contributed by atoms with van der Waals surface area (Å²) in [6.45, 7) is 0. The van der Waals surface area contributed by atoms with E-state index in [2.05, 4.69) is 4.98 Å². The highest BCUT2D eigenvalue weighted by atomic mass is 35.5. The molecular formula is C10H13Cl2F3N2. The summed E-state index contributed by atoms with van der Waals surface area (Å²) in [6, 6.07) is 0.857. The van der Waals surface area contributed by atoms with Crippen molar-refractivity contribution in [2.24, 2.45) is 11.7 Å². The zero-order valence-corrected chi connectivity index (χ0v) is 10.4. The quantitative estimate of drug-likeness (QED) is 0.906. The van der Waals surface area contributed by atoms with Gasteiger partial charge in [0.05, 0.1) is 5.56 Å². The van der Waals surface area contributed by atoms with E-state index >= 15 is 0 Å². The zero-order chi connectivity index (χ0) is 11.1. The van der Waals surface area contributed by atoms with Crippen LogP contribution in [0.25, 0.3) is 0 Å². The van der Waals surface area contributed by atoms with Gasteiger partial charge in [-0.2, -0.15) is 13.2 Å². The summed E-state index contributed by atoms with van der Waals surface area (Å²) in [5.41, 5.74) is 5.23. The molecule has 0 aromatic carbocycles. The van der Waals surface area contributed by atoms with Crippen molar-refractivity contribution in [2.45, 2.75) is 25.1 Å². The number of halogens is 5. The number of rotatable bonds is 2. The molecule has 1 unspecified atom stereocenters. The third-order valence-electron chi connectivity index (χ3n) is 2.65. The Bertz CT molecular complexity index is 367. The third kappa shape index (κ3) is 3.72. The van der Waals surface area contributed by atoms with Crippen LogP contribution < -0.4 is 5.73 Å². The van der Waals surface area contributed by atoms with Gasteiger partial charge in [0.1, 0.15) is 0 Å². The molecular weight excluding hydrogens is 276 g/mol. The van der Waals surface area contributed by atoms with Crippen LogP contribution in [0, 0.1) is 5.92 Å². The van der Waals surface area contributed by atoms with E-state index < -0.39 is 17.8 Å². The lowest BCUT2D eigenvalue weighted by atomic mass is 9.99. The molecule has 0 aliphatic heterocycles. The molecule has 0 spiro atoms.